The highest BCUT2D eigenvalue weighted by molar-refractivity contribution is 5.92. The number of fused-ring (bicyclic) bond motifs is 1. The quantitative estimate of drug-likeness (QED) is 0.680. The molecule has 30 heavy (non-hydrogen) atoms. The van der Waals surface area contributed by atoms with Crippen LogP contribution < -0.4 is 5.32 Å². The van der Waals surface area contributed by atoms with Crippen molar-refractivity contribution in [2.75, 3.05) is 6.54 Å². The van der Waals surface area contributed by atoms with Gasteiger partial charge in [-0.15, -0.1) is 0 Å². The molecule has 0 aliphatic carbocycles. The summed E-state index contributed by atoms with van der Waals surface area (Å²) < 4.78 is 5.85. The van der Waals surface area contributed by atoms with E-state index in [0.717, 1.165) is 39.6 Å². The number of aromatic nitrogens is 1. The van der Waals surface area contributed by atoms with Crippen molar-refractivity contribution in [2.24, 2.45) is 0 Å². The third kappa shape index (κ3) is 4.08. The summed E-state index contributed by atoms with van der Waals surface area (Å²) in [5, 5.41) is 4.00. The maximum Gasteiger partial charge on any atom is 0.227 e. The summed E-state index contributed by atoms with van der Waals surface area (Å²) in [5.41, 5.74) is 6.20. The van der Waals surface area contributed by atoms with Gasteiger partial charge in [-0.1, -0.05) is 6.07 Å². The second-order valence-electron chi connectivity index (χ2n) is 8.21. The number of aryl methyl sites for hydroxylation is 3. The topological polar surface area (TPSA) is 75.4 Å². The average molecular weight is 405 g/mol. The summed E-state index contributed by atoms with van der Waals surface area (Å²) in [6.07, 6.45) is 6.71. The molecule has 1 aliphatic rings. The van der Waals surface area contributed by atoms with Crippen LogP contribution in [0.5, 0.6) is 0 Å². The molecule has 0 radical (unpaired) electrons. The van der Waals surface area contributed by atoms with Crippen molar-refractivity contribution in [3.05, 3.63) is 64.7 Å². The Labute approximate surface area is 176 Å². The normalized spacial score (nSPS) is 16.1. The average Bonchev–Trinajstić information content (AvgIpc) is 3.33. The Hall–Kier alpha value is -3.15. The molecule has 6 nitrogen and oxygen atoms in total. The molecule has 6 heteroatoms. The number of carbonyl (C=O) groups is 2. The Bertz CT molecular complexity index is 1090. The molecule has 1 aliphatic heterocycles. The maximum atomic E-state index is 13.3. The van der Waals surface area contributed by atoms with Crippen molar-refractivity contribution in [3.8, 4) is 0 Å². The van der Waals surface area contributed by atoms with E-state index in [1.807, 2.05) is 24.0 Å². The number of benzene rings is 1. The molecular formula is C24H27N3O3. The molecule has 0 spiro atoms. The van der Waals surface area contributed by atoms with Gasteiger partial charge in [0.1, 0.15) is 5.58 Å². The van der Waals surface area contributed by atoms with Crippen LogP contribution in [-0.4, -0.2) is 34.3 Å². The third-order valence-corrected chi connectivity index (χ3v) is 5.97. The Morgan fingerprint density at radius 2 is 2.00 bits per heavy atom. The zero-order chi connectivity index (χ0) is 21.3. The molecule has 0 bridgehead atoms. The third-order valence-electron chi connectivity index (χ3n) is 5.97. The molecular weight excluding hydrogens is 378 g/mol. The van der Waals surface area contributed by atoms with Crippen molar-refractivity contribution in [3.63, 3.8) is 0 Å². The highest BCUT2D eigenvalue weighted by Gasteiger charge is 2.26. The highest BCUT2D eigenvalue weighted by atomic mass is 16.3. The number of nitrogens with one attached hydrogen (secondary N) is 1. The van der Waals surface area contributed by atoms with E-state index in [2.05, 4.69) is 30.2 Å². The first-order chi connectivity index (χ1) is 14.4. The first kappa shape index (κ1) is 20.1. The van der Waals surface area contributed by atoms with Gasteiger partial charge in [-0.2, -0.15) is 0 Å². The van der Waals surface area contributed by atoms with Crippen LogP contribution >= 0.6 is 0 Å². The molecule has 3 aromatic rings. The minimum Gasteiger partial charge on any atom is -0.464 e. The fourth-order valence-corrected chi connectivity index (χ4v) is 4.23. The van der Waals surface area contributed by atoms with E-state index in [0.29, 0.717) is 19.5 Å². The molecule has 1 atom stereocenters. The first-order valence-electron chi connectivity index (χ1n) is 10.3. The van der Waals surface area contributed by atoms with Crippen molar-refractivity contribution in [2.45, 2.75) is 52.6 Å². The summed E-state index contributed by atoms with van der Waals surface area (Å²) in [6.45, 7) is 7.16. The van der Waals surface area contributed by atoms with Crippen molar-refractivity contribution in [1.82, 2.24) is 15.2 Å². The van der Waals surface area contributed by atoms with Gasteiger partial charge in [0.25, 0.3) is 0 Å². The number of hydrogen-bond acceptors (Lipinski definition) is 4. The summed E-state index contributed by atoms with van der Waals surface area (Å²) in [4.78, 5) is 30.9. The van der Waals surface area contributed by atoms with Gasteiger partial charge in [0.15, 0.2) is 0 Å². The lowest BCUT2D eigenvalue weighted by Crippen LogP contribution is -2.42. The van der Waals surface area contributed by atoms with E-state index in [9.17, 15) is 9.59 Å². The van der Waals surface area contributed by atoms with E-state index in [-0.39, 0.29) is 24.3 Å². The molecule has 3 heterocycles. The summed E-state index contributed by atoms with van der Waals surface area (Å²) in [5.74, 6) is 0.0758. The fraction of sp³-hybridized carbons (Fsp3) is 0.375. The molecule has 2 aromatic heterocycles. The summed E-state index contributed by atoms with van der Waals surface area (Å²) in [7, 11) is 0. The molecule has 0 saturated carbocycles. The van der Waals surface area contributed by atoms with Crippen molar-refractivity contribution >= 4 is 22.8 Å². The Balaban J connectivity index is 1.59. The van der Waals surface area contributed by atoms with Crippen LogP contribution in [0.3, 0.4) is 0 Å². The minimum atomic E-state index is -0.00369. The largest absolute Gasteiger partial charge is 0.464 e. The van der Waals surface area contributed by atoms with Gasteiger partial charge >= 0.3 is 0 Å². The summed E-state index contributed by atoms with van der Waals surface area (Å²) >= 11 is 0. The van der Waals surface area contributed by atoms with Crippen molar-refractivity contribution < 1.29 is 14.0 Å². The van der Waals surface area contributed by atoms with Gasteiger partial charge in [0, 0.05) is 48.9 Å². The van der Waals surface area contributed by atoms with Gasteiger partial charge in [-0.3, -0.25) is 14.6 Å². The number of furan rings is 1. The maximum absolute atomic E-state index is 13.3. The Kier molecular flexibility index (Phi) is 5.57. The van der Waals surface area contributed by atoms with E-state index in [1.165, 1.54) is 5.56 Å². The van der Waals surface area contributed by atoms with Crippen LogP contribution in [0.4, 0.5) is 0 Å². The van der Waals surface area contributed by atoms with Crippen LogP contribution in [0.15, 0.2) is 41.3 Å². The van der Waals surface area contributed by atoms with E-state index >= 15 is 0 Å². The molecule has 156 valence electrons. The van der Waals surface area contributed by atoms with Crippen LogP contribution in [0.2, 0.25) is 0 Å². The number of nitrogens with zero attached hydrogens (tertiary/aromatic N) is 2. The van der Waals surface area contributed by atoms with E-state index in [1.54, 1.807) is 18.7 Å². The van der Waals surface area contributed by atoms with Crippen LogP contribution in [0.25, 0.3) is 11.0 Å². The standard InChI is InChI=1S/C24H27N3O3/c1-15-10-16(2)23-19(14-30-24(23)17(15)3)11-22(29)27(12-18-6-8-25-9-7-18)13-20-4-5-21(28)26-20/h6-10,14,20H,4-5,11-13H2,1-3H3,(H,26,28)/t20-/m0/s1. The lowest BCUT2D eigenvalue weighted by atomic mass is 9.98. The molecule has 1 fully saturated rings. The lowest BCUT2D eigenvalue weighted by Gasteiger charge is -2.26. The number of rotatable bonds is 6. The molecule has 0 unspecified atom stereocenters. The van der Waals surface area contributed by atoms with Crippen LogP contribution in [0.1, 0.15) is 40.7 Å². The number of amides is 2. The zero-order valence-corrected chi connectivity index (χ0v) is 17.7. The molecule has 4 rings (SSSR count). The van der Waals surface area contributed by atoms with Gasteiger partial charge in [0.05, 0.1) is 12.7 Å². The van der Waals surface area contributed by atoms with Gasteiger partial charge < -0.3 is 14.6 Å². The second-order valence-corrected chi connectivity index (χ2v) is 8.21. The lowest BCUT2D eigenvalue weighted by molar-refractivity contribution is -0.131. The Morgan fingerprint density at radius 3 is 2.70 bits per heavy atom. The predicted octanol–water partition coefficient (Wildman–Crippen LogP) is 3.60. The molecule has 1 saturated heterocycles. The van der Waals surface area contributed by atoms with Gasteiger partial charge in [0.2, 0.25) is 11.8 Å². The monoisotopic (exact) mass is 405 g/mol. The fourth-order valence-electron chi connectivity index (χ4n) is 4.23. The van der Waals surface area contributed by atoms with Gasteiger partial charge in [-0.05, 0) is 61.6 Å². The summed E-state index contributed by atoms with van der Waals surface area (Å²) in [6, 6.07) is 5.97. The predicted molar refractivity (Wildman–Crippen MR) is 115 cm³/mol. The number of carbonyl (C=O) groups excluding carboxylic acids is 2. The smallest absolute Gasteiger partial charge is 0.227 e. The van der Waals surface area contributed by atoms with E-state index in [4.69, 9.17) is 4.42 Å². The minimum absolute atomic E-state index is 0.00369. The highest BCUT2D eigenvalue weighted by Crippen LogP contribution is 2.30. The van der Waals surface area contributed by atoms with E-state index < -0.39 is 0 Å². The second kappa shape index (κ2) is 8.30. The Morgan fingerprint density at radius 1 is 1.23 bits per heavy atom. The van der Waals surface area contributed by atoms with Crippen LogP contribution in [0, 0.1) is 20.8 Å². The number of pyridine rings is 1. The molecule has 1 N–H and O–H groups in total. The zero-order valence-electron chi connectivity index (χ0n) is 17.7. The first-order valence-corrected chi connectivity index (χ1v) is 10.3. The molecule has 2 amide bonds. The molecule has 1 aromatic carbocycles. The van der Waals surface area contributed by atoms with Crippen molar-refractivity contribution in [1.29, 1.82) is 0 Å². The number of hydrogen-bond donors (Lipinski definition) is 1. The van der Waals surface area contributed by atoms with Crippen LogP contribution in [-0.2, 0) is 22.6 Å². The SMILES string of the molecule is Cc1cc(C)c2c(CC(=O)N(Cc3ccncc3)C[C@@H]3CCC(=O)N3)coc2c1C. The van der Waals surface area contributed by atoms with Gasteiger partial charge in [-0.25, -0.2) is 0 Å².